The fourth-order valence-electron chi connectivity index (χ4n) is 4.00. The lowest BCUT2D eigenvalue weighted by Crippen LogP contribution is -2.55. The van der Waals surface area contributed by atoms with Gasteiger partial charge < -0.3 is 19.4 Å². The molecule has 1 aliphatic rings. The molecule has 1 saturated heterocycles. The molecule has 1 atom stereocenters. The molecule has 0 radical (unpaired) electrons. The van der Waals surface area contributed by atoms with Gasteiger partial charge in [0.05, 0.1) is 16.8 Å². The predicted molar refractivity (Wildman–Crippen MR) is 140 cm³/mol. The van der Waals surface area contributed by atoms with Crippen molar-refractivity contribution >= 4 is 34.3 Å². The van der Waals surface area contributed by atoms with Gasteiger partial charge in [-0.3, -0.25) is 4.98 Å². The topological polar surface area (TPSA) is 72.7 Å². The quantitative estimate of drug-likeness (QED) is 0.562. The van der Waals surface area contributed by atoms with Crippen LogP contribution in [0.3, 0.4) is 0 Å². The Morgan fingerprint density at radius 2 is 1.88 bits per heavy atom. The molecule has 0 spiro atoms. The summed E-state index contributed by atoms with van der Waals surface area (Å²) < 4.78 is 5.51. The molecule has 1 aromatic carbocycles. The number of halogens is 1. The lowest BCUT2D eigenvalue weighted by molar-refractivity contribution is 0.0159. The number of piperazine rings is 1. The zero-order valence-corrected chi connectivity index (χ0v) is 22.3. The van der Waals surface area contributed by atoms with E-state index in [-0.39, 0.29) is 12.1 Å². The lowest BCUT2D eigenvalue weighted by Gasteiger charge is -2.41. The number of carbonyl (C=O) groups is 1. The Morgan fingerprint density at radius 1 is 1.24 bits per heavy atom. The number of ether oxygens (including phenoxy) is 1. The highest BCUT2D eigenvalue weighted by Gasteiger charge is 2.32. The first kappa shape index (κ1) is 27.7. The first-order valence-electron chi connectivity index (χ1n) is 12.0. The number of carbonyl (C=O) groups excluding carboxylic acids is 1. The van der Waals surface area contributed by atoms with Crippen molar-refractivity contribution in [1.82, 2.24) is 14.8 Å². The third-order valence-electron chi connectivity index (χ3n) is 5.84. The van der Waals surface area contributed by atoms with Crippen LogP contribution < -0.4 is 4.90 Å². The van der Waals surface area contributed by atoms with Crippen LogP contribution in [0.25, 0.3) is 10.9 Å². The van der Waals surface area contributed by atoms with Crippen molar-refractivity contribution in [3.05, 3.63) is 35.0 Å². The largest absolute Gasteiger partial charge is 0.444 e. The number of nitrogens with zero attached hydrogens (tertiary/aromatic N) is 5. The van der Waals surface area contributed by atoms with Crippen LogP contribution in [0.2, 0.25) is 5.02 Å². The average molecular weight is 488 g/mol. The normalized spacial score (nSPS) is 16.2. The average Bonchev–Trinajstić information content (AvgIpc) is 2.78. The maximum atomic E-state index is 12.5. The van der Waals surface area contributed by atoms with Crippen molar-refractivity contribution < 1.29 is 9.53 Å². The molecule has 0 saturated carbocycles. The van der Waals surface area contributed by atoms with Crippen LogP contribution in [0.5, 0.6) is 0 Å². The van der Waals surface area contributed by atoms with Gasteiger partial charge in [-0.25, -0.2) is 4.79 Å². The van der Waals surface area contributed by atoms with E-state index in [4.69, 9.17) is 16.3 Å². The van der Waals surface area contributed by atoms with E-state index in [0.29, 0.717) is 30.2 Å². The highest BCUT2D eigenvalue weighted by molar-refractivity contribution is 6.31. The van der Waals surface area contributed by atoms with Gasteiger partial charge >= 0.3 is 6.09 Å². The number of aromatic nitrogens is 1. The summed E-state index contributed by atoms with van der Waals surface area (Å²) in [5.41, 5.74) is 1.58. The van der Waals surface area contributed by atoms with E-state index >= 15 is 0 Å². The summed E-state index contributed by atoms with van der Waals surface area (Å²) in [6.45, 7) is 19.4. The number of fused-ring (bicyclic) bond motifs is 1. The number of nitriles is 1. The van der Waals surface area contributed by atoms with Crippen LogP contribution in [0.4, 0.5) is 10.5 Å². The molecule has 0 bridgehead atoms. The first-order valence-corrected chi connectivity index (χ1v) is 12.4. The Balaban J connectivity index is 0.000000509. The van der Waals surface area contributed by atoms with E-state index in [2.05, 4.69) is 41.6 Å². The second kappa shape index (κ2) is 12.2. The number of rotatable bonds is 4. The smallest absolute Gasteiger partial charge is 0.410 e. The maximum absolute atomic E-state index is 12.5. The molecule has 3 rings (SSSR count). The van der Waals surface area contributed by atoms with Gasteiger partial charge in [-0.2, -0.15) is 5.26 Å². The van der Waals surface area contributed by atoms with Crippen LogP contribution in [0.1, 0.15) is 54.0 Å². The molecular formula is C26H38ClN5O2. The minimum atomic E-state index is -0.528. The second-order valence-corrected chi connectivity index (χ2v) is 9.82. The van der Waals surface area contributed by atoms with Gasteiger partial charge in [0.15, 0.2) is 0 Å². The molecule has 1 aliphatic heterocycles. The molecule has 0 N–H and O–H groups in total. The highest BCUT2D eigenvalue weighted by Crippen LogP contribution is 2.33. The first-order chi connectivity index (χ1) is 16.0. The molecule has 34 heavy (non-hydrogen) atoms. The number of hydrogen-bond acceptors (Lipinski definition) is 6. The molecule has 2 aromatic rings. The van der Waals surface area contributed by atoms with Crippen LogP contribution >= 0.6 is 11.6 Å². The van der Waals surface area contributed by atoms with Gasteiger partial charge in [0.25, 0.3) is 0 Å². The number of amides is 1. The fourth-order valence-corrected chi connectivity index (χ4v) is 4.17. The summed E-state index contributed by atoms with van der Waals surface area (Å²) in [5, 5.41) is 11.0. The summed E-state index contributed by atoms with van der Waals surface area (Å²) in [6, 6.07) is 7.65. The maximum Gasteiger partial charge on any atom is 0.410 e. The molecule has 186 valence electrons. The van der Waals surface area contributed by atoms with E-state index in [1.54, 1.807) is 17.2 Å². The molecule has 1 aromatic heterocycles. The van der Waals surface area contributed by atoms with Crippen molar-refractivity contribution in [2.24, 2.45) is 0 Å². The Bertz CT molecular complexity index is 1010. The van der Waals surface area contributed by atoms with E-state index in [0.717, 1.165) is 16.6 Å². The third-order valence-corrected chi connectivity index (χ3v) is 6.07. The van der Waals surface area contributed by atoms with Gasteiger partial charge in [0.2, 0.25) is 0 Å². The van der Waals surface area contributed by atoms with E-state index in [1.807, 2.05) is 39.8 Å². The summed E-state index contributed by atoms with van der Waals surface area (Å²) in [6.07, 6.45) is 1.29. The molecular weight excluding hydrogens is 450 g/mol. The molecule has 1 fully saturated rings. The third kappa shape index (κ3) is 7.22. The van der Waals surface area contributed by atoms with Crippen LogP contribution in [-0.2, 0) is 4.74 Å². The molecule has 0 aliphatic carbocycles. The fraction of sp³-hybridized carbons (Fsp3) is 0.577. The molecule has 1 unspecified atom stereocenters. The lowest BCUT2D eigenvalue weighted by atomic mass is 10.1. The monoisotopic (exact) mass is 487 g/mol. The van der Waals surface area contributed by atoms with E-state index in [1.165, 1.54) is 19.6 Å². The van der Waals surface area contributed by atoms with Crippen molar-refractivity contribution in [1.29, 1.82) is 5.26 Å². The minimum Gasteiger partial charge on any atom is -0.444 e. The Morgan fingerprint density at radius 3 is 2.38 bits per heavy atom. The summed E-state index contributed by atoms with van der Waals surface area (Å²) in [5.74, 6) is 0. The van der Waals surface area contributed by atoms with Gasteiger partial charge in [-0.1, -0.05) is 32.4 Å². The highest BCUT2D eigenvalue weighted by atomic mass is 35.5. The van der Waals surface area contributed by atoms with Crippen molar-refractivity contribution in [2.45, 2.75) is 60.1 Å². The zero-order chi connectivity index (χ0) is 25.5. The number of pyridine rings is 1. The van der Waals surface area contributed by atoms with Crippen LogP contribution in [0, 0.1) is 11.3 Å². The van der Waals surface area contributed by atoms with Gasteiger partial charge in [-0.05, 0) is 65.5 Å². The van der Waals surface area contributed by atoms with Crippen molar-refractivity contribution in [3.63, 3.8) is 0 Å². The number of hydrogen-bond donors (Lipinski definition) is 0. The van der Waals surface area contributed by atoms with E-state index < -0.39 is 5.60 Å². The standard InChI is InChI=1S/C20H23ClN4O2.C6H15N/c1-13-12-24(7-8-25(13)19(26)27-20(2,3)4)18-14(10-22)11-23-17-6-5-15(21)9-16(17)18;1-4-7(5-2)6-3/h5-6,9,11,13H,7-8,12H2,1-4H3;4-6H2,1-3H3. The van der Waals surface area contributed by atoms with Crippen LogP contribution in [-0.4, -0.2) is 71.8 Å². The molecule has 1 amide bonds. The SMILES string of the molecule is CC1CN(c2c(C#N)cnc3ccc(Cl)cc23)CCN1C(=O)OC(C)(C)C.CCN(CC)CC. The minimum absolute atomic E-state index is 0.0532. The van der Waals surface area contributed by atoms with Crippen LogP contribution in [0.15, 0.2) is 24.4 Å². The molecule has 8 heteroatoms. The number of anilines is 1. The summed E-state index contributed by atoms with van der Waals surface area (Å²) in [4.78, 5) is 23.1. The van der Waals surface area contributed by atoms with Crippen molar-refractivity contribution in [2.75, 3.05) is 44.2 Å². The molecule has 7 nitrogen and oxygen atoms in total. The van der Waals surface area contributed by atoms with Gasteiger partial charge in [0, 0.05) is 42.3 Å². The van der Waals surface area contributed by atoms with Gasteiger partial charge in [-0.15, -0.1) is 0 Å². The zero-order valence-electron chi connectivity index (χ0n) is 21.6. The Hall–Kier alpha value is -2.56. The summed E-state index contributed by atoms with van der Waals surface area (Å²) in [7, 11) is 0. The Labute approximate surface area is 209 Å². The Kier molecular flexibility index (Phi) is 9.96. The van der Waals surface area contributed by atoms with Gasteiger partial charge in [0.1, 0.15) is 11.7 Å². The molecule has 2 heterocycles. The number of benzene rings is 1. The van der Waals surface area contributed by atoms with Crippen molar-refractivity contribution in [3.8, 4) is 6.07 Å². The summed E-state index contributed by atoms with van der Waals surface area (Å²) >= 11 is 6.18. The second-order valence-electron chi connectivity index (χ2n) is 9.38. The van der Waals surface area contributed by atoms with E-state index in [9.17, 15) is 10.1 Å². The predicted octanol–water partition coefficient (Wildman–Crippen LogP) is 5.55.